The lowest BCUT2D eigenvalue weighted by Crippen LogP contribution is -2.23. The molecule has 30 heavy (non-hydrogen) atoms. The van der Waals surface area contributed by atoms with Gasteiger partial charge in [0.15, 0.2) is 0 Å². The number of nitrogens with one attached hydrogen (secondary N) is 1. The minimum atomic E-state index is -3.79. The van der Waals surface area contributed by atoms with Gasteiger partial charge in [-0.1, -0.05) is 43.6 Å². The first kappa shape index (κ1) is 22.2. The van der Waals surface area contributed by atoms with E-state index >= 15 is 0 Å². The van der Waals surface area contributed by atoms with Crippen LogP contribution in [0.2, 0.25) is 5.02 Å². The van der Waals surface area contributed by atoms with Crippen molar-refractivity contribution in [1.29, 1.82) is 0 Å². The molecule has 3 rings (SSSR count). The molecule has 0 aliphatic heterocycles. The monoisotopic (exact) mass is 445 g/mol. The first-order valence-corrected chi connectivity index (χ1v) is 11.3. The maximum atomic E-state index is 13.1. The summed E-state index contributed by atoms with van der Waals surface area (Å²) in [4.78, 5) is 17.7. The number of halogens is 1. The van der Waals surface area contributed by atoms with E-state index in [0.29, 0.717) is 5.69 Å². The summed E-state index contributed by atoms with van der Waals surface area (Å²) >= 11 is 6.11. The Kier molecular flexibility index (Phi) is 6.17. The second kappa shape index (κ2) is 8.34. The minimum Gasteiger partial charge on any atom is -0.321 e. The van der Waals surface area contributed by atoms with E-state index in [-0.39, 0.29) is 21.4 Å². The van der Waals surface area contributed by atoms with Crippen LogP contribution in [0, 0.1) is 6.92 Å². The van der Waals surface area contributed by atoms with Gasteiger partial charge in [-0.2, -0.15) is 0 Å². The number of carbonyl (C=O) groups is 1. The fourth-order valence-corrected chi connectivity index (χ4v) is 4.81. The Labute approximate surface area is 181 Å². The SMILES string of the molecule is Cc1nc2ccccc2c(NC(=O)c2ccc(Cl)c(S(=O)(=O)N(C)C)c2)c1C(C)C. The number of hydrogen-bond acceptors (Lipinski definition) is 4. The third-order valence-corrected chi connectivity index (χ3v) is 7.19. The number of fused-ring (bicyclic) bond motifs is 1. The molecule has 0 fully saturated rings. The van der Waals surface area contributed by atoms with Crippen LogP contribution in [0.15, 0.2) is 47.4 Å². The molecule has 3 aromatic rings. The molecule has 0 bridgehead atoms. The van der Waals surface area contributed by atoms with E-state index in [1.54, 1.807) is 0 Å². The Hall–Kier alpha value is -2.48. The van der Waals surface area contributed by atoms with Crippen LogP contribution in [0.3, 0.4) is 0 Å². The van der Waals surface area contributed by atoms with Crippen LogP contribution in [0.25, 0.3) is 10.9 Å². The second-order valence-electron chi connectivity index (χ2n) is 7.54. The average Bonchev–Trinajstić information content (AvgIpc) is 2.67. The fourth-order valence-electron chi connectivity index (χ4n) is 3.42. The molecule has 0 spiro atoms. The summed E-state index contributed by atoms with van der Waals surface area (Å²) in [6.07, 6.45) is 0. The van der Waals surface area contributed by atoms with Crippen LogP contribution in [0.4, 0.5) is 5.69 Å². The Balaban J connectivity index is 2.12. The minimum absolute atomic E-state index is 0.0633. The summed E-state index contributed by atoms with van der Waals surface area (Å²) < 4.78 is 26.2. The number of hydrogen-bond donors (Lipinski definition) is 1. The normalized spacial score (nSPS) is 12.0. The van der Waals surface area contributed by atoms with Gasteiger partial charge in [-0.05, 0) is 37.1 Å². The van der Waals surface area contributed by atoms with Crippen molar-refractivity contribution in [2.24, 2.45) is 0 Å². The number of nitrogens with zero attached hydrogens (tertiary/aromatic N) is 2. The first-order valence-electron chi connectivity index (χ1n) is 9.46. The average molecular weight is 446 g/mol. The van der Waals surface area contributed by atoms with Gasteiger partial charge in [0.2, 0.25) is 10.0 Å². The Morgan fingerprint density at radius 2 is 1.80 bits per heavy atom. The quantitative estimate of drug-likeness (QED) is 0.610. The number of aromatic nitrogens is 1. The number of para-hydroxylation sites is 1. The largest absolute Gasteiger partial charge is 0.321 e. The molecule has 2 aromatic carbocycles. The topological polar surface area (TPSA) is 79.4 Å². The van der Waals surface area contributed by atoms with E-state index in [2.05, 4.69) is 10.3 Å². The van der Waals surface area contributed by atoms with E-state index < -0.39 is 15.9 Å². The third-order valence-electron chi connectivity index (χ3n) is 4.89. The molecule has 1 amide bonds. The highest BCUT2D eigenvalue weighted by Gasteiger charge is 2.23. The molecule has 1 heterocycles. The summed E-state index contributed by atoms with van der Waals surface area (Å²) in [5.41, 5.74) is 3.45. The number of benzene rings is 2. The molecule has 0 saturated carbocycles. The summed E-state index contributed by atoms with van der Waals surface area (Å²) in [5.74, 6) is -0.285. The molecule has 6 nitrogen and oxygen atoms in total. The van der Waals surface area contributed by atoms with Crippen LogP contribution in [0.1, 0.15) is 41.4 Å². The van der Waals surface area contributed by atoms with Gasteiger partial charge >= 0.3 is 0 Å². The van der Waals surface area contributed by atoms with Gasteiger partial charge in [0.1, 0.15) is 4.90 Å². The van der Waals surface area contributed by atoms with E-state index in [1.165, 1.54) is 32.3 Å². The molecule has 0 saturated heterocycles. The van der Waals surface area contributed by atoms with Crippen molar-refractivity contribution in [3.63, 3.8) is 0 Å². The summed E-state index contributed by atoms with van der Waals surface area (Å²) in [7, 11) is -0.956. The van der Waals surface area contributed by atoms with Crippen molar-refractivity contribution >= 4 is 44.1 Å². The summed E-state index contributed by atoms with van der Waals surface area (Å²) in [6, 6.07) is 11.8. The van der Waals surface area contributed by atoms with Gasteiger partial charge in [-0.25, -0.2) is 12.7 Å². The van der Waals surface area contributed by atoms with E-state index in [9.17, 15) is 13.2 Å². The highest BCUT2D eigenvalue weighted by molar-refractivity contribution is 7.89. The zero-order valence-corrected chi connectivity index (χ0v) is 19.1. The zero-order valence-electron chi connectivity index (χ0n) is 17.5. The molecular weight excluding hydrogens is 422 g/mol. The number of aryl methyl sites for hydroxylation is 1. The van der Waals surface area contributed by atoms with Crippen molar-refractivity contribution in [2.45, 2.75) is 31.6 Å². The van der Waals surface area contributed by atoms with Crippen molar-refractivity contribution in [3.8, 4) is 0 Å². The number of pyridine rings is 1. The number of sulfonamides is 1. The smallest absolute Gasteiger partial charge is 0.255 e. The molecular formula is C22H24ClN3O3S. The van der Waals surface area contributed by atoms with Crippen LogP contribution >= 0.6 is 11.6 Å². The van der Waals surface area contributed by atoms with Gasteiger partial charge in [0, 0.05) is 36.3 Å². The van der Waals surface area contributed by atoms with Crippen LogP contribution in [0.5, 0.6) is 0 Å². The lowest BCUT2D eigenvalue weighted by Gasteiger charge is -2.19. The van der Waals surface area contributed by atoms with Crippen LogP contribution < -0.4 is 5.32 Å². The highest BCUT2D eigenvalue weighted by atomic mass is 35.5. The van der Waals surface area contributed by atoms with Crippen molar-refractivity contribution in [2.75, 3.05) is 19.4 Å². The molecule has 1 N–H and O–H groups in total. The zero-order chi connectivity index (χ0) is 22.2. The Morgan fingerprint density at radius 1 is 1.13 bits per heavy atom. The van der Waals surface area contributed by atoms with E-state index in [0.717, 1.165) is 26.5 Å². The fraction of sp³-hybridized carbons (Fsp3) is 0.273. The van der Waals surface area contributed by atoms with E-state index in [4.69, 9.17) is 11.6 Å². The summed E-state index contributed by atoms with van der Waals surface area (Å²) in [5, 5.41) is 3.88. The lowest BCUT2D eigenvalue weighted by molar-refractivity contribution is 0.102. The molecule has 158 valence electrons. The number of anilines is 1. The van der Waals surface area contributed by atoms with Gasteiger partial charge in [-0.15, -0.1) is 0 Å². The molecule has 0 unspecified atom stereocenters. The highest BCUT2D eigenvalue weighted by Crippen LogP contribution is 2.34. The summed E-state index contributed by atoms with van der Waals surface area (Å²) in [6.45, 7) is 6.00. The van der Waals surface area contributed by atoms with Crippen LogP contribution in [-0.2, 0) is 10.0 Å². The molecule has 8 heteroatoms. The van der Waals surface area contributed by atoms with Crippen molar-refractivity contribution < 1.29 is 13.2 Å². The predicted octanol–water partition coefficient (Wildman–Crippen LogP) is 4.82. The van der Waals surface area contributed by atoms with Gasteiger partial charge in [0.25, 0.3) is 5.91 Å². The number of amides is 1. The number of rotatable bonds is 5. The van der Waals surface area contributed by atoms with Gasteiger partial charge < -0.3 is 5.32 Å². The van der Waals surface area contributed by atoms with Gasteiger partial charge in [-0.3, -0.25) is 9.78 Å². The molecule has 0 aliphatic carbocycles. The Morgan fingerprint density at radius 3 is 2.43 bits per heavy atom. The maximum Gasteiger partial charge on any atom is 0.255 e. The third kappa shape index (κ3) is 4.05. The van der Waals surface area contributed by atoms with Gasteiger partial charge in [0.05, 0.1) is 16.2 Å². The lowest BCUT2D eigenvalue weighted by atomic mass is 9.96. The van der Waals surface area contributed by atoms with Crippen molar-refractivity contribution in [3.05, 3.63) is 64.3 Å². The molecule has 0 radical (unpaired) electrons. The maximum absolute atomic E-state index is 13.1. The molecule has 1 aromatic heterocycles. The van der Waals surface area contributed by atoms with Crippen LogP contribution in [-0.4, -0.2) is 37.7 Å². The first-order chi connectivity index (χ1) is 14.0. The van der Waals surface area contributed by atoms with E-state index in [1.807, 2.05) is 45.0 Å². The van der Waals surface area contributed by atoms with Crippen molar-refractivity contribution in [1.82, 2.24) is 9.29 Å². The molecule has 0 atom stereocenters. The Bertz CT molecular complexity index is 1240. The molecule has 0 aliphatic rings. The number of carbonyl (C=O) groups excluding carboxylic acids is 1. The predicted molar refractivity (Wildman–Crippen MR) is 121 cm³/mol. The standard InChI is InChI=1S/C22H24ClN3O3S/c1-13(2)20-14(3)24-18-9-7-6-8-16(18)21(20)25-22(27)15-10-11-17(23)19(12-15)30(28,29)26(4)5/h6-13H,1-5H3,(H,24,25,27). The second-order valence-corrected chi connectivity index (χ2v) is 10.1.